The molecule has 7 heteroatoms. The van der Waals surface area contributed by atoms with Crippen molar-refractivity contribution in [3.63, 3.8) is 0 Å². The van der Waals surface area contributed by atoms with Crippen molar-refractivity contribution in [2.75, 3.05) is 18.9 Å². The summed E-state index contributed by atoms with van der Waals surface area (Å²) in [5, 5.41) is 8.05. The van der Waals surface area contributed by atoms with Crippen LogP contribution in [0.15, 0.2) is 11.5 Å². The van der Waals surface area contributed by atoms with Crippen LogP contribution in [0.1, 0.15) is 27.2 Å². The molecule has 1 aromatic rings. The lowest BCUT2D eigenvalue weighted by Crippen LogP contribution is -2.53. The van der Waals surface area contributed by atoms with Crippen molar-refractivity contribution in [1.29, 1.82) is 0 Å². The molecule has 1 unspecified atom stereocenters. The Hall–Kier alpha value is -1.08. The van der Waals surface area contributed by atoms with E-state index in [0.29, 0.717) is 12.4 Å². The summed E-state index contributed by atoms with van der Waals surface area (Å²) in [6.45, 7) is 6.90. The predicted molar refractivity (Wildman–Crippen MR) is 75.1 cm³/mol. The van der Waals surface area contributed by atoms with E-state index in [1.165, 1.54) is 18.1 Å². The maximum absolute atomic E-state index is 12.1. The van der Waals surface area contributed by atoms with Crippen LogP contribution in [0, 0.1) is 0 Å². The summed E-state index contributed by atoms with van der Waals surface area (Å²) in [6, 6.07) is 0. The molecule has 0 aromatic carbocycles. The Balaban J connectivity index is 2.68. The van der Waals surface area contributed by atoms with Crippen LogP contribution in [0.25, 0.3) is 0 Å². The van der Waals surface area contributed by atoms with E-state index in [0.717, 1.165) is 18.1 Å². The number of carbonyl (C=O) groups excluding carboxylic acids is 1. The number of hydrogen-bond acceptors (Lipinski definition) is 6. The molecule has 1 rings (SSSR count). The highest BCUT2D eigenvalue weighted by Crippen LogP contribution is 2.21. The summed E-state index contributed by atoms with van der Waals surface area (Å²) in [4.78, 5) is 16.2. The second kappa shape index (κ2) is 7.49. The van der Waals surface area contributed by atoms with Crippen LogP contribution in [-0.2, 0) is 16.6 Å². The van der Waals surface area contributed by atoms with E-state index in [4.69, 9.17) is 4.74 Å². The lowest BCUT2D eigenvalue weighted by Gasteiger charge is -2.27. The Morgan fingerprint density at radius 1 is 1.58 bits per heavy atom. The molecule has 108 valence electrons. The number of nitrogens with zero attached hydrogens (tertiary/aromatic N) is 3. The van der Waals surface area contributed by atoms with Gasteiger partial charge in [-0.1, -0.05) is 18.7 Å². The highest BCUT2D eigenvalue weighted by atomic mass is 32.2. The van der Waals surface area contributed by atoms with E-state index in [1.54, 1.807) is 4.68 Å². The SMILES string of the molecule is CCCNC(C)(CSc1ncnn1C)C(=O)OCC. The summed E-state index contributed by atoms with van der Waals surface area (Å²) < 4.78 is 6.84. The lowest BCUT2D eigenvalue weighted by molar-refractivity contribution is -0.149. The number of aromatic nitrogens is 3. The molecule has 0 aliphatic rings. The van der Waals surface area contributed by atoms with Crippen molar-refractivity contribution in [3.05, 3.63) is 6.33 Å². The summed E-state index contributed by atoms with van der Waals surface area (Å²) >= 11 is 1.49. The van der Waals surface area contributed by atoms with Crippen molar-refractivity contribution in [1.82, 2.24) is 20.1 Å². The van der Waals surface area contributed by atoms with Crippen molar-refractivity contribution in [2.45, 2.75) is 37.9 Å². The first-order valence-electron chi connectivity index (χ1n) is 6.42. The van der Waals surface area contributed by atoms with Crippen molar-refractivity contribution >= 4 is 17.7 Å². The standard InChI is InChI=1S/C12H22N4O2S/c1-5-7-14-12(3,10(17)18-6-2)8-19-11-13-9-15-16(11)4/h9,14H,5-8H2,1-4H3. The van der Waals surface area contributed by atoms with Crippen molar-refractivity contribution in [2.24, 2.45) is 7.05 Å². The highest BCUT2D eigenvalue weighted by Gasteiger charge is 2.34. The Kier molecular flexibility index (Phi) is 6.30. The second-order valence-electron chi connectivity index (χ2n) is 4.43. The number of rotatable bonds is 8. The van der Waals surface area contributed by atoms with E-state index in [-0.39, 0.29) is 5.97 Å². The Labute approximate surface area is 118 Å². The van der Waals surface area contributed by atoms with Crippen LogP contribution in [0.2, 0.25) is 0 Å². The second-order valence-corrected chi connectivity index (χ2v) is 5.38. The highest BCUT2D eigenvalue weighted by molar-refractivity contribution is 7.99. The molecule has 0 spiro atoms. The number of aryl methyl sites for hydroxylation is 1. The number of carbonyl (C=O) groups is 1. The smallest absolute Gasteiger partial charge is 0.326 e. The van der Waals surface area contributed by atoms with Gasteiger partial charge in [0.25, 0.3) is 0 Å². The maximum atomic E-state index is 12.1. The molecule has 1 atom stereocenters. The zero-order chi connectivity index (χ0) is 14.3. The predicted octanol–water partition coefficient (Wildman–Crippen LogP) is 1.23. The molecule has 0 saturated carbocycles. The van der Waals surface area contributed by atoms with Gasteiger partial charge in [-0.05, 0) is 26.8 Å². The molecule has 0 saturated heterocycles. The van der Waals surface area contributed by atoms with Crippen LogP contribution < -0.4 is 5.32 Å². The first-order chi connectivity index (χ1) is 9.03. The molecule has 0 fully saturated rings. The Morgan fingerprint density at radius 2 is 2.32 bits per heavy atom. The zero-order valence-electron chi connectivity index (χ0n) is 12.0. The molecule has 1 aromatic heterocycles. The first kappa shape index (κ1) is 16.0. The van der Waals surface area contributed by atoms with E-state index in [9.17, 15) is 4.79 Å². The van der Waals surface area contributed by atoms with Crippen molar-refractivity contribution in [3.8, 4) is 0 Å². The van der Waals surface area contributed by atoms with E-state index < -0.39 is 5.54 Å². The third-order valence-corrected chi connectivity index (χ3v) is 4.00. The molecule has 0 amide bonds. The molecule has 0 aliphatic heterocycles. The van der Waals surface area contributed by atoms with Crippen LogP contribution in [0.5, 0.6) is 0 Å². The number of esters is 1. The quantitative estimate of drug-likeness (QED) is 0.572. The zero-order valence-corrected chi connectivity index (χ0v) is 12.8. The van der Waals surface area contributed by atoms with Gasteiger partial charge in [0, 0.05) is 12.8 Å². The third kappa shape index (κ3) is 4.50. The fourth-order valence-electron chi connectivity index (χ4n) is 1.50. The van der Waals surface area contributed by atoms with Gasteiger partial charge in [0.15, 0.2) is 5.16 Å². The minimum Gasteiger partial charge on any atom is -0.465 e. The van der Waals surface area contributed by atoms with Gasteiger partial charge in [0.1, 0.15) is 11.9 Å². The minimum atomic E-state index is -0.706. The topological polar surface area (TPSA) is 69.0 Å². The normalized spacial score (nSPS) is 14.1. The largest absolute Gasteiger partial charge is 0.465 e. The first-order valence-corrected chi connectivity index (χ1v) is 7.41. The fraction of sp³-hybridized carbons (Fsp3) is 0.750. The number of ether oxygens (including phenoxy) is 1. The van der Waals surface area contributed by atoms with E-state index >= 15 is 0 Å². The maximum Gasteiger partial charge on any atom is 0.326 e. The summed E-state index contributed by atoms with van der Waals surface area (Å²) in [7, 11) is 1.83. The average Bonchev–Trinajstić information content (AvgIpc) is 2.80. The Morgan fingerprint density at radius 3 is 2.84 bits per heavy atom. The summed E-state index contributed by atoms with van der Waals surface area (Å²) in [5.74, 6) is 0.330. The Bertz CT molecular complexity index is 410. The van der Waals surface area contributed by atoms with Crippen LogP contribution in [-0.4, -0.2) is 45.2 Å². The van der Waals surface area contributed by atoms with Crippen LogP contribution in [0.3, 0.4) is 0 Å². The van der Waals surface area contributed by atoms with Gasteiger partial charge in [-0.3, -0.25) is 4.79 Å². The fourth-order valence-corrected chi connectivity index (χ4v) is 2.49. The molecule has 0 bridgehead atoms. The molecule has 0 aliphatic carbocycles. The summed E-state index contributed by atoms with van der Waals surface area (Å²) in [6.07, 6.45) is 2.47. The minimum absolute atomic E-state index is 0.224. The van der Waals surface area contributed by atoms with Gasteiger partial charge < -0.3 is 10.1 Å². The number of hydrogen-bond donors (Lipinski definition) is 1. The van der Waals surface area contributed by atoms with Gasteiger partial charge in [-0.2, -0.15) is 5.10 Å². The van der Waals surface area contributed by atoms with Crippen molar-refractivity contribution < 1.29 is 9.53 Å². The molecule has 0 radical (unpaired) electrons. The van der Waals surface area contributed by atoms with Gasteiger partial charge in [0.2, 0.25) is 0 Å². The number of nitrogens with one attached hydrogen (secondary N) is 1. The van der Waals surface area contributed by atoms with Gasteiger partial charge in [-0.25, -0.2) is 9.67 Å². The van der Waals surface area contributed by atoms with E-state index in [2.05, 4.69) is 22.3 Å². The molecule has 19 heavy (non-hydrogen) atoms. The third-order valence-electron chi connectivity index (χ3n) is 2.65. The van der Waals surface area contributed by atoms with E-state index in [1.807, 2.05) is 20.9 Å². The van der Waals surface area contributed by atoms with Crippen LogP contribution >= 0.6 is 11.8 Å². The van der Waals surface area contributed by atoms with Gasteiger partial charge >= 0.3 is 5.97 Å². The molecular formula is C12H22N4O2S. The lowest BCUT2D eigenvalue weighted by atomic mass is 10.1. The molecular weight excluding hydrogens is 264 g/mol. The van der Waals surface area contributed by atoms with Gasteiger partial charge in [0.05, 0.1) is 6.61 Å². The molecule has 1 N–H and O–H groups in total. The number of thioether (sulfide) groups is 1. The molecule has 6 nitrogen and oxygen atoms in total. The monoisotopic (exact) mass is 286 g/mol. The summed E-state index contributed by atoms with van der Waals surface area (Å²) in [5.41, 5.74) is -0.706. The van der Waals surface area contributed by atoms with Gasteiger partial charge in [-0.15, -0.1) is 0 Å². The average molecular weight is 286 g/mol. The molecule has 1 heterocycles. The van der Waals surface area contributed by atoms with Crippen LogP contribution in [0.4, 0.5) is 0 Å².